The first-order valence-electron chi connectivity index (χ1n) is 11.1. The number of hydrogen-bond donors (Lipinski definition) is 3. The van der Waals surface area contributed by atoms with Crippen LogP contribution in [-0.2, 0) is 20.7 Å². The Hall–Kier alpha value is -4.08. The van der Waals surface area contributed by atoms with Gasteiger partial charge in [0.05, 0.1) is 30.0 Å². The number of esters is 1. The molecule has 8 nitrogen and oxygen atoms in total. The maximum Gasteiger partial charge on any atom is 0.309 e. The van der Waals surface area contributed by atoms with Crippen LogP contribution in [0.1, 0.15) is 28.9 Å². The number of hydrogen-bond acceptors (Lipinski definition) is 6. The van der Waals surface area contributed by atoms with E-state index in [-0.39, 0.29) is 18.0 Å². The fourth-order valence-electron chi connectivity index (χ4n) is 4.36. The first kappa shape index (κ1) is 22.7. The summed E-state index contributed by atoms with van der Waals surface area (Å²) in [7, 11) is 1.29. The second-order valence-electron chi connectivity index (χ2n) is 8.71. The molecule has 2 aliphatic rings. The summed E-state index contributed by atoms with van der Waals surface area (Å²) in [6, 6.07) is 12.5. The highest BCUT2D eigenvalue weighted by molar-refractivity contribution is 6.09. The third-order valence-electron chi connectivity index (χ3n) is 6.26. The van der Waals surface area contributed by atoms with E-state index in [9.17, 15) is 23.2 Å². The van der Waals surface area contributed by atoms with Gasteiger partial charge in [0.25, 0.3) is 5.92 Å². The van der Waals surface area contributed by atoms with Crippen molar-refractivity contribution in [3.8, 4) is 11.3 Å². The number of carbonyl (C=O) groups excluding carboxylic acids is 3. The van der Waals surface area contributed by atoms with E-state index in [1.165, 1.54) is 13.3 Å². The van der Waals surface area contributed by atoms with Crippen molar-refractivity contribution in [3.63, 3.8) is 0 Å². The van der Waals surface area contributed by atoms with Gasteiger partial charge in [0.15, 0.2) is 5.78 Å². The Labute approximate surface area is 199 Å². The Morgan fingerprint density at radius 1 is 1.17 bits per heavy atom. The number of aromatic nitrogens is 2. The number of halogens is 2. The highest BCUT2D eigenvalue weighted by atomic mass is 19.3. The highest BCUT2D eigenvalue weighted by Crippen LogP contribution is 2.49. The number of nitrogens with zero attached hydrogens (tertiary/aromatic N) is 1. The number of ether oxygens (including phenoxy) is 1. The van der Waals surface area contributed by atoms with Crippen molar-refractivity contribution in [2.75, 3.05) is 17.7 Å². The van der Waals surface area contributed by atoms with Crippen LogP contribution in [0.3, 0.4) is 0 Å². The molecule has 3 N–H and O–H groups in total. The number of aromatic amines is 1. The summed E-state index contributed by atoms with van der Waals surface area (Å²) in [5.74, 6) is -6.26. The summed E-state index contributed by atoms with van der Waals surface area (Å²) in [6.45, 7) is 0. The summed E-state index contributed by atoms with van der Waals surface area (Å²) < 4.78 is 31.4. The zero-order valence-corrected chi connectivity index (χ0v) is 18.7. The van der Waals surface area contributed by atoms with Gasteiger partial charge in [-0.1, -0.05) is 18.2 Å². The Bertz CT molecular complexity index is 1320. The summed E-state index contributed by atoms with van der Waals surface area (Å²) >= 11 is 0. The minimum Gasteiger partial charge on any atom is -0.469 e. The van der Waals surface area contributed by atoms with Crippen LogP contribution in [0.2, 0.25) is 0 Å². The quantitative estimate of drug-likeness (QED) is 0.453. The topological polar surface area (TPSA) is 113 Å². The van der Waals surface area contributed by atoms with Crippen LogP contribution in [0.15, 0.2) is 48.7 Å². The molecule has 10 heteroatoms. The predicted molar refractivity (Wildman–Crippen MR) is 124 cm³/mol. The number of H-pyrrole nitrogens is 1. The van der Waals surface area contributed by atoms with Gasteiger partial charge in [-0.3, -0.25) is 14.4 Å². The standard InChI is InChI=1S/C25H22F2N4O4/c1-35-24(34)14-9-17-20(18(32)10-14)22(29-15-5-3-2-4-6-15)21(30-17)13-7-8-28-19(11-13)31-23(33)16-12-25(16,26)27/h2-8,11,14,16,29-30H,9-10,12H2,1H3,(H,28,31,33). The van der Waals surface area contributed by atoms with E-state index in [0.717, 1.165) is 5.69 Å². The SMILES string of the molecule is COC(=O)C1CC(=O)c2c([nH]c(-c3ccnc(NC(=O)C4CC4(F)F)c3)c2Nc2ccccc2)C1. The Morgan fingerprint density at radius 2 is 1.91 bits per heavy atom. The maximum atomic E-state index is 13.3. The van der Waals surface area contributed by atoms with Crippen molar-refractivity contribution in [3.05, 3.63) is 59.9 Å². The number of carbonyl (C=O) groups is 3. The fourth-order valence-corrected chi connectivity index (χ4v) is 4.36. The number of rotatable bonds is 6. The van der Waals surface area contributed by atoms with Gasteiger partial charge < -0.3 is 20.4 Å². The summed E-state index contributed by atoms with van der Waals surface area (Å²) in [6.07, 6.45) is 1.29. The molecule has 2 heterocycles. The summed E-state index contributed by atoms with van der Waals surface area (Å²) in [5.41, 5.74) is 3.43. The number of benzene rings is 1. The lowest BCUT2D eigenvalue weighted by atomic mass is 9.86. The Balaban J connectivity index is 1.53. The van der Waals surface area contributed by atoms with Crippen LogP contribution in [-0.4, -0.2) is 40.7 Å². The lowest BCUT2D eigenvalue weighted by molar-refractivity contribution is -0.145. The van der Waals surface area contributed by atoms with Crippen LogP contribution < -0.4 is 10.6 Å². The first-order chi connectivity index (χ1) is 16.8. The fraction of sp³-hybridized carbons (Fsp3) is 0.280. The van der Waals surface area contributed by atoms with Gasteiger partial charge >= 0.3 is 5.97 Å². The second-order valence-corrected chi connectivity index (χ2v) is 8.71. The van der Waals surface area contributed by atoms with Crippen LogP contribution >= 0.6 is 0 Å². The Kier molecular flexibility index (Phi) is 5.58. The molecule has 1 fully saturated rings. The number of alkyl halides is 2. The van der Waals surface area contributed by atoms with Crippen molar-refractivity contribution in [1.29, 1.82) is 0 Å². The van der Waals surface area contributed by atoms with Crippen molar-refractivity contribution >= 4 is 34.9 Å². The van der Waals surface area contributed by atoms with E-state index >= 15 is 0 Å². The lowest BCUT2D eigenvalue weighted by Gasteiger charge is -2.20. The summed E-state index contributed by atoms with van der Waals surface area (Å²) in [4.78, 5) is 44.7. The van der Waals surface area contributed by atoms with Gasteiger partial charge in [0.2, 0.25) is 5.91 Å². The molecule has 2 unspecified atom stereocenters. The number of amides is 1. The third-order valence-corrected chi connectivity index (χ3v) is 6.26. The molecule has 2 aliphatic carbocycles. The normalized spacial score (nSPS) is 20.0. The van der Waals surface area contributed by atoms with E-state index in [4.69, 9.17) is 4.74 Å². The molecule has 1 aromatic carbocycles. The van der Waals surface area contributed by atoms with Gasteiger partial charge in [-0.05, 0) is 24.3 Å². The number of methoxy groups -OCH3 is 1. The maximum absolute atomic E-state index is 13.3. The lowest BCUT2D eigenvalue weighted by Crippen LogP contribution is -2.27. The molecule has 0 aliphatic heterocycles. The van der Waals surface area contributed by atoms with Gasteiger partial charge in [-0.2, -0.15) is 0 Å². The molecule has 0 radical (unpaired) electrons. The predicted octanol–water partition coefficient (Wildman–Crippen LogP) is 4.33. The largest absolute Gasteiger partial charge is 0.469 e. The van der Waals surface area contributed by atoms with E-state index in [2.05, 4.69) is 20.6 Å². The van der Waals surface area contributed by atoms with Crippen molar-refractivity contribution in [2.24, 2.45) is 11.8 Å². The molecule has 0 spiro atoms. The molecular formula is C25H22F2N4O4. The molecule has 0 saturated heterocycles. The molecule has 35 heavy (non-hydrogen) atoms. The molecule has 1 amide bonds. The average molecular weight is 480 g/mol. The van der Waals surface area contributed by atoms with Crippen LogP contribution in [0.25, 0.3) is 11.3 Å². The highest BCUT2D eigenvalue weighted by Gasteiger charge is 2.61. The van der Waals surface area contributed by atoms with E-state index in [1.807, 2.05) is 30.3 Å². The van der Waals surface area contributed by atoms with Crippen LogP contribution in [0, 0.1) is 11.8 Å². The number of fused-ring (bicyclic) bond motifs is 1. The molecule has 5 rings (SSSR count). The van der Waals surface area contributed by atoms with E-state index in [0.29, 0.717) is 34.6 Å². The van der Waals surface area contributed by atoms with Crippen LogP contribution in [0.5, 0.6) is 0 Å². The molecule has 0 bridgehead atoms. The zero-order chi connectivity index (χ0) is 24.7. The smallest absolute Gasteiger partial charge is 0.309 e. The van der Waals surface area contributed by atoms with E-state index < -0.39 is 36.1 Å². The molecule has 2 aromatic heterocycles. The van der Waals surface area contributed by atoms with Gasteiger partial charge in [-0.15, -0.1) is 0 Å². The minimum absolute atomic E-state index is 0.0215. The zero-order valence-electron chi connectivity index (χ0n) is 18.7. The molecule has 1 saturated carbocycles. The molecular weight excluding hydrogens is 458 g/mol. The Morgan fingerprint density at radius 3 is 2.60 bits per heavy atom. The molecule has 3 aromatic rings. The van der Waals surface area contributed by atoms with Crippen molar-refractivity contribution < 1.29 is 27.9 Å². The van der Waals surface area contributed by atoms with Crippen LogP contribution in [0.4, 0.5) is 26.0 Å². The van der Waals surface area contributed by atoms with Crippen molar-refractivity contribution in [1.82, 2.24) is 9.97 Å². The number of pyridine rings is 1. The minimum atomic E-state index is -2.98. The second kappa shape index (κ2) is 8.61. The number of nitrogens with one attached hydrogen (secondary N) is 3. The third kappa shape index (κ3) is 4.39. The van der Waals surface area contributed by atoms with Gasteiger partial charge in [0, 0.05) is 42.4 Å². The number of ketones is 1. The molecule has 2 atom stereocenters. The van der Waals surface area contributed by atoms with E-state index in [1.54, 1.807) is 12.1 Å². The van der Waals surface area contributed by atoms with Crippen molar-refractivity contribution in [2.45, 2.75) is 25.2 Å². The van der Waals surface area contributed by atoms with Gasteiger partial charge in [0.1, 0.15) is 11.7 Å². The summed E-state index contributed by atoms with van der Waals surface area (Å²) in [5, 5.41) is 5.74. The molecule has 180 valence electrons. The average Bonchev–Trinajstić information content (AvgIpc) is 3.34. The first-order valence-corrected chi connectivity index (χ1v) is 11.1. The van der Waals surface area contributed by atoms with Gasteiger partial charge in [-0.25, -0.2) is 13.8 Å². The number of Topliss-reactive ketones (excluding diaryl/α,β-unsaturated/α-hetero) is 1. The number of anilines is 3. The number of para-hydroxylation sites is 1. The monoisotopic (exact) mass is 480 g/mol.